The van der Waals surface area contributed by atoms with E-state index in [4.69, 9.17) is 0 Å². The Morgan fingerprint density at radius 3 is 2.46 bits per heavy atom. The van der Waals surface area contributed by atoms with Crippen LogP contribution in [-0.2, 0) is 0 Å². The molecule has 0 bridgehead atoms. The van der Waals surface area contributed by atoms with E-state index in [2.05, 4.69) is 59.1 Å². The van der Waals surface area contributed by atoms with E-state index in [1.165, 1.54) is 22.0 Å². The summed E-state index contributed by atoms with van der Waals surface area (Å²) in [5.41, 5.74) is 1.40. The van der Waals surface area contributed by atoms with Crippen LogP contribution in [0.4, 0.5) is 0 Å². The molecule has 13 heavy (non-hydrogen) atoms. The van der Waals surface area contributed by atoms with Gasteiger partial charge in [0.05, 0.1) is 0 Å². The monoisotopic (exact) mass is 287 g/mol. The van der Waals surface area contributed by atoms with Gasteiger partial charge in [-0.3, -0.25) is 0 Å². The van der Waals surface area contributed by atoms with Crippen LogP contribution < -0.4 is 5.32 Å². The normalized spacial score (nSPS) is 18.6. The quantitative estimate of drug-likeness (QED) is 0.842. The maximum Gasteiger partial charge on any atom is 0.0294 e. The van der Waals surface area contributed by atoms with E-state index < -0.39 is 0 Å². The molecule has 1 atom stereocenters. The minimum absolute atomic E-state index is 0.504. The molecule has 0 aromatic heterocycles. The van der Waals surface area contributed by atoms with E-state index in [1.54, 1.807) is 0 Å². The van der Waals surface area contributed by atoms with Gasteiger partial charge in [-0.1, -0.05) is 12.1 Å². The summed E-state index contributed by atoms with van der Waals surface area (Å²) in [4.78, 5) is 0. The maximum atomic E-state index is 3.59. The van der Waals surface area contributed by atoms with E-state index in [9.17, 15) is 0 Å². The summed E-state index contributed by atoms with van der Waals surface area (Å²) in [5, 5.41) is 3.59. The predicted octanol–water partition coefficient (Wildman–Crippen LogP) is 3.10. The standard InChI is InChI=1S/C11H14IN/c1-8(13-11-6-7-11)9-2-4-10(12)5-3-9/h2-5,8,11,13H,6-7H2,1H3/t8-/m1/s1. The predicted molar refractivity (Wildman–Crippen MR) is 63.7 cm³/mol. The Balaban J connectivity index is 2.01. The van der Waals surface area contributed by atoms with Crippen LogP contribution in [0.5, 0.6) is 0 Å². The third-order valence-electron chi connectivity index (χ3n) is 2.43. The second-order valence-electron chi connectivity index (χ2n) is 3.71. The summed E-state index contributed by atoms with van der Waals surface area (Å²) in [6.07, 6.45) is 2.71. The summed E-state index contributed by atoms with van der Waals surface area (Å²) in [7, 11) is 0. The third-order valence-corrected chi connectivity index (χ3v) is 3.15. The van der Waals surface area contributed by atoms with Gasteiger partial charge >= 0.3 is 0 Å². The van der Waals surface area contributed by atoms with Gasteiger partial charge in [-0.2, -0.15) is 0 Å². The molecule has 0 radical (unpaired) electrons. The highest BCUT2D eigenvalue weighted by Crippen LogP contribution is 2.24. The third kappa shape index (κ3) is 2.68. The number of rotatable bonds is 3. The molecular formula is C11H14IN. The molecule has 0 aliphatic heterocycles. The summed E-state index contributed by atoms with van der Waals surface area (Å²) in [6, 6.07) is 10.0. The first-order valence-corrected chi connectivity index (χ1v) is 5.85. The average Bonchev–Trinajstić information content (AvgIpc) is 2.89. The number of hydrogen-bond donors (Lipinski definition) is 1. The molecule has 0 amide bonds. The molecule has 1 aliphatic rings. The molecule has 1 N–H and O–H groups in total. The van der Waals surface area contributed by atoms with Crippen LogP contribution in [0.25, 0.3) is 0 Å². The van der Waals surface area contributed by atoms with Crippen molar-refractivity contribution < 1.29 is 0 Å². The SMILES string of the molecule is C[C@@H](NC1CC1)c1ccc(I)cc1. The fourth-order valence-electron chi connectivity index (χ4n) is 1.45. The van der Waals surface area contributed by atoms with Gasteiger partial charge in [-0.15, -0.1) is 0 Å². The van der Waals surface area contributed by atoms with Gasteiger partial charge < -0.3 is 5.32 Å². The largest absolute Gasteiger partial charge is 0.307 e. The Morgan fingerprint density at radius 1 is 1.31 bits per heavy atom. The number of halogens is 1. The van der Waals surface area contributed by atoms with E-state index in [0.29, 0.717) is 6.04 Å². The van der Waals surface area contributed by atoms with Crippen LogP contribution in [0.1, 0.15) is 31.4 Å². The smallest absolute Gasteiger partial charge is 0.0294 e. The lowest BCUT2D eigenvalue weighted by Gasteiger charge is -2.13. The molecule has 0 heterocycles. The molecule has 1 aliphatic carbocycles. The molecule has 2 heteroatoms. The van der Waals surface area contributed by atoms with Gasteiger partial charge in [0.2, 0.25) is 0 Å². The first-order valence-electron chi connectivity index (χ1n) is 4.77. The summed E-state index contributed by atoms with van der Waals surface area (Å²) >= 11 is 2.34. The molecule has 1 nitrogen and oxygen atoms in total. The highest BCUT2D eigenvalue weighted by Gasteiger charge is 2.22. The Bertz CT molecular complexity index is 277. The van der Waals surface area contributed by atoms with Gasteiger partial charge in [0.1, 0.15) is 0 Å². The second kappa shape index (κ2) is 3.96. The number of nitrogens with one attached hydrogen (secondary N) is 1. The highest BCUT2D eigenvalue weighted by molar-refractivity contribution is 14.1. The molecule has 1 aromatic rings. The molecule has 1 saturated carbocycles. The second-order valence-corrected chi connectivity index (χ2v) is 4.96. The zero-order valence-electron chi connectivity index (χ0n) is 7.76. The van der Waals surface area contributed by atoms with Crippen molar-refractivity contribution in [2.45, 2.75) is 31.8 Å². The first-order chi connectivity index (χ1) is 6.25. The minimum Gasteiger partial charge on any atom is -0.307 e. The number of benzene rings is 1. The minimum atomic E-state index is 0.504. The fourth-order valence-corrected chi connectivity index (χ4v) is 1.81. The zero-order chi connectivity index (χ0) is 9.26. The molecule has 1 aromatic carbocycles. The zero-order valence-corrected chi connectivity index (χ0v) is 9.91. The van der Waals surface area contributed by atoms with E-state index >= 15 is 0 Å². The van der Waals surface area contributed by atoms with Crippen molar-refractivity contribution in [2.24, 2.45) is 0 Å². The van der Waals surface area contributed by atoms with E-state index in [-0.39, 0.29) is 0 Å². The molecular weight excluding hydrogens is 273 g/mol. The lowest BCUT2D eigenvalue weighted by molar-refractivity contribution is 0.571. The van der Waals surface area contributed by atoms with Crippen molar-refractivity contribution in [2.75, 3.05) is 0 Å². The van der Waals surface area contributed by atoms with Crippen molar-refractivity contribution in [3.63, 3.8) is 0 Å². The molecule has 1 fully saturated rings. The Kier molecular flexibility index (Phi) is 2.89. The molecule has 0 unspecified atom stereocenters. The lowest BCUT2D eigenvalue weighted by Crippen LogP contribution is -2.20. The summed E-state index contributed by atoms with van der Waals surface area (Å²) in [5.74, 6) is 0. The molecule has 0 saturated heterocycles. The van der Waals surface area contributed by atoms with Crippen molar-refractivity contribution in [1.82, 2.24) is 5.32 Å². The number of hydrogen-bond acceptors (Lipinski definition) is 1. The Hall–Kier alpha value is -0.0900. The van der Waals surface area contributed by atoms with Crippen molar-refractivity contribution in [3.8, 4) is 0 Å². The molecule has 2 rings (SSSR count). The summed E-state index contributed by atoms with van der Waals surface area (Å²) in [6.45, 7) is 2.24. The molecule has 0 spiro atoms. The topological polar surface area (TPSA) is 12.0 Å². The van der Waals surface area contributed by atoms with Crippen LogP contribution in [0.3, 0.4) is 0 Å². The van der Waals surface area contributed by atoms with Crippen molar-refractivity contribution >= 4 is 22.6 Å². The highest BCUT2D eigenvalue weighted by atomic mass is 127. The molecule has 70 valence electrons. The van der Waals surface area contributed by atoms with Gasteiger partial charge in [0.15, 0.2) is 0 Å². The Labute approximate surface area is 93.1 Å². The lowest BCUT2D eigenvalue weighted by atomic mass is 10.1. The van der Waals surface area contributed by atoms with E-state index in [0.717, 1.165) is 6.04 Å². The van der Waals surface area contributed by atoms with Gasteiger partial charge in [0.25, 0.3) is 0 Å². The van der Waals surface area contributed by atoms with Crippen LogP contribution in [0.2, 0.25) is 0 Å². The van der Waals surface area contributed by atoms with Gasteiger partial charge in [-0.05, 0) is 60.1 Å². The summed E-state index contributed by atoms with van der Waals surface area (Å²) < 4.78 is 1.31. The maximum absolute atomic E-state index is 3.59. The van der Waals surface area contributed by atoms with Crippen molar-refractivity contribution in [1.29, 1.82) is 0 Å². The van der Waals surface area contributed by atoms with Gasteiger partial charge in [0, 0.05) is 15.7 Å². The van der Waals surface area contributed by atoms with Crippen LogP contribution >= 0.6 is 22.6 Å². The van der Waals surface area contributed by atoms with Crippen LogP contribution in [0.15, 0.2) is 24.3 Å². The van der Waals surface area contributed by atoms with E-state index in [1.807, 2.05) is 0 Å². The van der Waals surface area contributed by atoms with Crippen LogP contribution in [-0.4, -0.2) is 6.04 Å². The van der Waals surface area contributed by atoms with Gasteiger partial charge in [-0.25, -0.2) is 0 Å². The fraction of sp³-hybridized carbons (Fsp3) is 0.455. The average molecular weight is 287 g/mol. The first kappa shape index (κ1) is 9.46. The Morgan fingerprint density at radius 2 is 1.92 bits per heavy atom. The van der Waals surface area contributed by atoms with Crippen LogP contribution in [0, 0.1) is 3.57 Å². The van der Waals surface area contributed by atoms with Crippen molar-refractivity contribution in [3.05, 3.63) is 33.4 Å².